The molecule has 7 nitrogen and oxygen atoms in total. The van der Waals surface area contributed by atoms with Crippen LogP contribution in [0, 0.1) is 0 Å². The van der Waals surface area contributed by atoms with Crippen LogP contribution in [0.25, 0.3) is 10.4 Å². The van der Waals surface area contributed by atoms with Gasteiger partial charge in [-0.05, 0) is 18.6 Å². The van der Waals surface area contributed by atoms with E-state index in [0.29, 0.717) is 15.7 Å². The molecule has 1 aromatic carbocycles. The first-order valence-electron chi connectivity index (χ1n) is 7.81. The maximum absolute atomic E-state index is 12.2. The van der Waals surface area contributed by atoms with Gasteiger partial charge in [-0.2, -0.15) is 5.10 Å². The van der Waals surface area contributed by atoms with Gasteiger partial charge in [-0.3, -0.25) is 9.89 Å². The predicted molar refractivity (Wildman–Crippen MR) is 101 cm³/mol. The monoisotopic (exact) mass is 388 g/mol. The lowest BCUT2D eigenvalue weighted by Gasteiger charge is -2.05. The number of benzene rings is 1. The van der Waals surface area contributed by atoms with Gasteiger partial charge in [0.2, 0.25) is 5.91 Å². The third-order valence-electron chi connectivity index (χ3n) is 3.26. The maximum Gasteiger partial charge on any atom is 0.350 e. The average molecular weight is 388 g/mol. The van der Waals surface area contributed by atoms with E-state index in [4.69, 9.17) is 4.74 Å². The lowest BCUT2D eigenvalue weighted by molar-refractivity contribution is -0.113. The van der Waals surface area contributed by atoms with Gasteiger partial charge in [0.25, 0.3) is 0 Å². The highest BCUT2D eigenvalue weighted by atomic mass is 32.2. The summed E-state index contributed by atoms with van der Waals surface area (Å²) in [6.07, 6.45) is 1.38. The maximum atomic E-state index is 12.2. The van der Waals surface area contributed by atoms with E-state index in [9.17, 15) is 9.59 Å². The molecule has 0 aliphatic rings. The molecule has 0 atom stereocenters. The van der Waals surface area contributed by atoms with E-state index in [1.165, 1.54) is 29.4 Å². The summed E-state index contributed by atoms with van der Waals surface area (Å²) < 4.78 is 5.11. The molecule has 1 amide bonds. The van der Waals surface area contributed by atoms with E-state index in [1.807, 2.05) is 30.3 Å². The minimum absolute atomic E-state index is 0.147. The summed E-state index contributed by atoms with van der Waals surface area (Å²) in [6.45, 7) is 2.02. The van der Waals surface area contributed by atoms with Crippen molar-refractivity contribution in [3.63, 3.8) is 0 Å². The number of esters is 1. The van der Waals surface area contributed by atoms with Gasteiger partial charge < -0.3 is 10.1 Å². The van der Waals surface area contributed by atoms with Crippen LogP contribution in [0.5, 0.6) is 0 Å². The van der Waals surface area contributed by atoms with Crippen molar-refractivity contribution in [3.8, 4) is 10.4 Å². The first-order valence-corrected chi connectivity index (χ1v) is 9.62. The molecule has 0 saturated heterocycles. The smallest absolute Gasteiger partial charge is 0.350 e. The third-order valence-corrected chi connectivity index (χ3v) is 5.30. The van der Waals surface area contributed by atoms with Crippen LogP contribution in [0.3, 0.4) is 0 Å². The summed E-state index contributed by atoms with van der Waals surface area (Å²) in [5.74, 6) is -0.541. The normalized spacial score (nSPS) is 10.5. The van der Waals surface area contributed by atoms with E-state index >= 15 is 0 Å². The molecule has 9 heteroatoms. The molecule has 0 radical (unpaired) electrons. The molecule has 0 unspecified atom stereocenters. The molecule has 0 spiro atoms. The highest BCUT2D eigenvalue weighted by molar-refractivity contribution is 7.99. The van der Waals surface area contributed by atoms with Gasteiger partial charge in [-0.15, -0.1) is 11.3 Å². The number of H-pyrrole nitrogens is 1. The number of aromatic amines is 1. The minimum atomic E-state index is -0.446. The number of ether oxygens (including phenoxy) is 1. The fraction of sp³-hybridized carbons (Fsp3) is 0.176. The number of thiophene rings is 1. The summed E-state index contributed by atoms with van der Waals surface area (Å²) in [5, 5.41) is 9.76. The third kappa shape index (κ3) is 4.50. The standard InChI is InChI=1S/C17H16N4O3S2/c1-2-24-16(23)15-12(8-13(26-15)11-6-4-3-5-7-11)20-14(22)9-25-17-18-10-19-21-17/h3-8,10H,2,9H2,1H3,(H,20,22)(H,18,19,21). The van der Waals surface area contributed by atoms with E-state index in [1.54, 1.807) is 13.0 Å². The van der Waals surface area contributed by atoms with Gasteiger partial charge in [-0.25, -0.2) is 9.78 Å². The Morgan fingerprint density at radius 2 is 2.12 bits per heavy atom. The fourth-order valence-corrected chi connectivity index (χ4v) is 3.75. The zero-order valence-electron chi connectivity index (χ0n) is 13.9. The van der Waals surface area contributed by atoms with Crippen LogP contribution in [-0.4, -0.2) is 39.4 Å². The Bertz CT molecular complexity index is 879. The topological polar surface area (TPSA) is 97.0 Å². The second-order valence-electron chi connectivity index (χ2n) is 5.07. The molecule has 134 valence electrons. The zero-order chi connectivity index (χ0) is 18.4. The molecule has 2 N–H and O–H groups in total. The van der Waals surface area contributed by atoms with Crippen LogP contribution in [0.2, 0.25) is 0 Å². The number of aromatic nitrogens is 3. The van der Waals surface area contributed by atoms with Crippen molar-refractivity contribution in [2.45, 2.75) is 12.1 Å². The predicted octanol–water partition coefficient (Wildman–Crippen LogP) is 3.44. The van der Waals surface area contributed by atoms with Crippen molar-refractivity contribution in [3.05, 3.63) is 47.6 Å². The number of anilines is 1. The summed E-state index contributed by atoms with van der Waals surface area (Å²) in [7, 11) is 0. The van der Waals surface area contributed by atoms with Gasteiger partial charge in [0.05, 0.1) is 18.0 Å². The number of hydrogen-bond acceptors (Lipinski definition) is 7. The van der Waals surface area contributed by atoms with E-state index in [2.05, 4.69) is 20.5 Å². The highest BCUT2D eigenvalue weighted by Crippen LogP contribution is 2.35. The van der Waals surface area contributed by atoms with Crippen LogP contribution in [0.15, 0.2) is 47.9 Å². The van der Waals surface area contributed by atoms with Gasteiger partial charge in [-0.1, -0.05) is 42.1 Å². The number of hydrogen-bond donors (Lipinski definition) is 2. The molecule has 3 rings (SSSR count). The van der Waals surface area contributed by atoms with Gasteiger partial charge >= 0.3 is 5.97 Å². The molecule has 0 aliphatic carbocycles. The number of thioether (sulfide) groups is 1. The van der Waals surface area contributed by atoms with Crippen molar-refractivity contribution < 1.29 is 14.3 Å². The van der Waals surface area contributed by atoms with Crippen LogP contribution >= 0.6 is 23.1 Å². The fourth-order valence-electron chi connectivity index (χ4n) is 2.16. The number of rotatable bonds is 7. The Morgan fingerprint density at radius 1 is 1.31 bits per heavy atom. The Kier molecular flexibility index (Phi) is 6.03. The lowest BCUT2D eigenvalue weighted by atomic mass is 10.2. The first kappa shape index (κ1) is 18.2. The molecular weight excluding hydrogens is 372 g/mol. The Hall–Kier alpha value is -2.65. The number of carbonyl (C=O) groups excluding carboxylic acids is 2. The highest BCUT2D eigenvalue weighted by Gasteiger charge is 2.20. The largest absolute Gasteiger partial charge is 0.462 e. The van der Waals surface area contributed by atoms with E-state index < -0.39 is 5.97 Å². The van der Waals surface area contributed by atoms with Crippen molar-refractivity contribution in [2.75, 3.05) is 17.7 Å². The second kappa shape index (κ2) is 8.63. The minimum Gasteiger partial charge on any atom is -0.462 e. The Morgan fingerprint density at radius 3 is 2.81 bits per heavy atom. The van der Waals surface area contributed by atoms with Crippen molar-refractivity contribution in [1.29, 1.82) is 0 Å². The van der Waals surface area contributed by atoms with Crippen molar-refractivity contribution in [1.82, 2.24) is 15.2 Å². The van der Waals surface area contributed by atoms with Gasteiger partial charge in [0, 0.05) is 4.88 Å². The number of amides is 1. The molecule has 0 aliphatic heterocycles. The quantitative estimate of drug-likeness (QED) is 0.475. The molecule has 2 heterocycles. The molecule has 2 aromatic heterocycles. The van der Waals surface area contributed by atoms with Gasteiger partial charge in [0.1, 0.15) is 11.2 Å². The van der Waals surface area contributed by atoms with Crippen LogP contribution in [0.1, 0.15) is 16.6 Å². The van der Waals surface area contributed by atoms with E-state index in [-0.39, 0.29) is 18.3 Å². The van der Waals surface area contributed by atoms with Crippen LogP contribution in [0.4, 0.5) is 5.69 Å². The van der Waals surface area contributed by atoms with E-state index in [0.717, 1.165) is 10.4 Å². The molecule has 0 saturated carbocycles. The Balaban J connectivity index is 1.78. The summed E-state index contributed by atoms with van der Waals surface area (Å²) in [4.78, 5) is 29.7. The Labute approximate surface area is 158 Å². The van der Waals surface area contributed by atoms with Crippen LogP contribution < -0.4 is 5.32 Å². The molecule has 0 bridgehead atoms. The zero-order valence-corrected chi connectivity index (χ0v) is 15.5. The SMILES string of the molecule is CCOC(=O)c1sc(-c2ccccc2)cc1NC(=O)CSc1ncn[nH]1. The van der Waals surface area contributed by atoms with Gasteiger partial charge in [0.15, 0.2) is 5.16 Å². The first-order chi connectivity index (χ1) is 12.7. The summed E-state index contributed by atoms with van der Waals surface area (Å²) in [6, 6.07) is 11.5. The number of carbonyl (C=O) groups is 2. The van der Waals surface area contributed by atoms with Crippen molar-refractivity contribution >= 4 is 40.7 Å². The summed E-state index contributed by atoms with van der Waals surface area (Å²) in [5.41, 5.74) is 1.43. The molecular formula is C17H16N4O3S2. The number of nitrogens with zero attached hydrogens (tertiary/aromatic N) is 2. The van der Waals surface area contributed by atoms with Crippen molar-refractivity contribution in [2.24, 2.45) is 0 Å². The average Bonchev–Trinajstić information content (AvgIpc) is 3.31. The molecule has 3 aromatic rings. The van der Waals surface area contributed by atoms with Crippen LogP contribution in [-0.2, 0) is 9.53 Å². The molecule has 0 fully saturated rings. The number of nitrogens with one attached hydrogen (secondary N) is 2. The summed E-state index contributed by atoms with van der Waals surface area (Å²) >= 11 is 2.52. The molecule has 26 heavy (non-hydrogen) atoms. The second-order valence-corrected chi connectivity index (χ2v) is 7.08. The lowest BCUT2D eigenvalue weighted by Crippen LogP contribution is -2.16.